The molecule has 0 saturated heterocycles. The van der Waals surface area contributed by atoms with Crippen LogP contribution in [-0.2, 0) is 0 Å². The minimum Gasteiger partial charge on any atom is -0.388 e. The fourth-order valence-electron chi connectivity index (χ4n) is 1.61. The van der Waals surface area contributed by atoms with Crippen LogP contribution in [0.3, 0.4) is 0 Å². The Morgan fingerprint density at radius 1 is 1.50 bits per heavy atom. The maximum Gasteiger partial charge on any atom is 0.124 e. The number of hydrogen-bond acceptors (Lipinski definition) is 3. The molecule has 0 amide bonds. The molecule has 0 unspecified atom stereocenters. The lowest BCUT2D eigenvalue weighted by Crippen LogP contribution is -2.23. The molecular weight excluding hydrogens is 218 g/mol. The van der Waals surface area contributed by atoms with Gasteiger partial charge in [-0.25, -0.2) is 0 Å². The predicted molar refractivity (Wildman–Crippen MR) is 72.9 cm³/mol. The first-order valence-corrected chi connectivity index (χ1v) is 6.03. The third-order valence-corrected chi connectivity index (χ3v) is 2.72. The van der Waals surface area contributed by atoms with Crippen molar-refractivity contribution in [1.82, 2.24) is 4.98 Å². The van der Waals surface area contributed by atoms with Crippen LogP contribution >= 0.6 is 12.2 Å². The molecule has 0 aliphatic heterocycles. The van der Waals surface area contributed by atoms with Crippen LogP contribution in [0.4, 0.5) is 5.69 Å². The zero-order valence-corrected chi connectivity index (χ0v) is 10.8. The van der Waals surface area contributed by atoms with E-state index < -0.39 is 0 Å². The summed E-state index contributed by atoms with van der Waals surface area (Å²) in [6.45, 7) is 3.21. The highest BCUT2D eigenvalue weighted by atomic mass is 32.1. The first-order chi connectivity index (χ1) is 7.66. The predicted octanol–water partition coefficient (Wildman–Crippen LogP) is 2.34. The minimum absolute atomic E-state index is 0.359. The van der Waals surface area contributed by atoms with Crippen LogP contribution in [0.1, 0.15) is 31.9 Å². The largest absolute Gasteiger partial charge is 0.388 e. The Labute approximate surface area is 103 Å². The third-order valence-electron chi connectivity index (χ3n) is 2.53. The molecule has 0 aliphatic carbocycles. The Morgan fingerprint density at radius 3 is 2.88 bits per heavy atom. The average molecular weight is 237 g/mol. The summed E-state index contributed by atoms with van der Waals surface area (Å²) < 4.78 is 0. The van der Waals surface area contributed by atoms with E-state index in [0.717, 1.165) is 17.9 Å². The van der Waals surface area contributed by atoms with E-state index in [9.17, 15) is 0 Å². The molecule has 0 radical (unpaired) electrons. The Bertz CT molecular complexity index is 352. The van der Waals surface area contributed by atoms with Gasteiger partial charge in [0.15, 0.2) is 0 Å². The molecule has 2 N–H and O–H groups in total. The van der Waals surface area contributed by atoms with Gasteiger partial charge in [0.2, 0.25) is 0 Å². The second-order valence-electron chi connectivity index (χ2n) is 3.86. The summed E-state index contributed by atoms with van der Waals surface area (Å²) in [4.78, 5) is 6.74. The highest BCUT2D eigenvalue weighted by Crippen LogP contribution is 2.17. The van der Waals surface area contributed by atoms with Crippen molar-refractivity contribution in [2.75, 3.05) is 18.5 Å². The monoisotopic (exact) mass is 237 g/mol. The van der Waals surface area contributed by atoms with Crippen molar-refractivity contribution < 1.29 is 0 Å². The third kappa shape index (κ3) is 3.45. The topological polar surface area (TPSA) is 42.2 Å². The molecule has 0 spiro atoms. The fraction of sp³-hybridized carbons (Fsp3) is 0.500. The van der Waals surface area contributed by atoms with Crippen molar-refractivity contribution >= 4 is 22.9 Å². The van der Waals surface area contributed by atoms with Gasteiger partial charge in [-0.1, -0.05) is 32.0 Å². The van der Waals surface area contributed by atoms with Crippen molar-refractivity contribution in [2.24, 2.45) is 5.73 Å². The van der Waals surface area contributed by atoms with E-state index in [1.165, 1.54) is 19.3 Å². The number of nitrogens with two attached hydrogens (primary N) is 1. The van der Waals surface area contributed by atoms with Crippen LogP contribution < -0.4 is 10.6 Å². The molecular formula is C12H19N3S. The SMILES string of the molecule is CCCCCN(C)c1cccnc1C(N)=S. The Balaban J connectivity index is 2.74. The number of rotatable bonds is 6. The van der Waals surface area contributed by atoms with E-state index in [-0.39, 0.29) is 0 Å². The van der Waals surface area contributed by atoms with Gasteiger partial charge < -0.3 is 10.6 Å². The van der Waals surface area contributed by atoms with Gasteiger partial charge in [-0.2, -0.15) is 0 Å². The zero-order valence-electron chi connectivity index (χ0n) is 9.94. The van der Waals surface area contributed by atoms with E-state index in [4.69, 9.17) is 18.0 Å². The van der Waals surface area contributed by atoms with Crippen molar-refractivity contribution in [3.8, 4) is 0 Å². The van der Waals surface area contributed by atoms with Gasteiger partial charge in [-0.3, -0.25) is 4.98 Å². The van der Waals surface area contributed by atoms with Crippen molar-refractivity contribution in [2.45, 2.75) is 26.2 Å². The molecule has 1 rings (SSSR count). The molecule has 0 bridgehead atoms. The maximum absolute atomic E-state index is 5.65. The molecule has 88 valence electrons. The quantitative estimate of drug-likeness (QED) is 0.609. The molecule has 1 heterocycles. The van der Waals surface area contributed by atoms with E-state index in [1.54, 1.807) is 6.20 Å². The van der Waals surface area contributed by atoms with E-state index in [1.807, 2.05) is 12.1 Å². The number of pyridine rings is 1. The fourth-order valence-corrected chi connectivity index (χ4v) is 1.77. The van der Waals surface area contributed by atoms with Crippen LogP contribution in [0.2, 0.25) is 0 Å². The minimum atomic E-state index is 0.359. The van der Waals surface area contributed by atoms with Crippen LogP contribution in [0.15, 0.2) is 18.3 Å². The first kappa shape index (κ1) is 12.9. The van der Waals surface area contributed by atoms with Gasteiger partial charge in [0, 0.05) is 19.8 Å². The van der Waals surface area contributed by atoms with Gasteiger partial charge in [-0.15, -0.1) is 0 Å². The lowest BCUT2D eigenvalue weighted by atomic mass is 10.2. The number of nitrogens with zero attached hydrogens (tertiary/aromatic N) is 2. The molecule has 0 atom stereocenters. The lowest BCUT2D eigenvalue weighted by molar-refractivity contribution is 0.704. The molecule has 0 aromatic carbocycles. The highest BCUT2D eigenvalue weighted by Gasteiger charge is 2.09. The Hall–Kier alpha value is -1.16. The second-order valence-corrected chi connectivity index (χ2v) is 4.30. The van der Waals surface area contributed by atoms with Crippen LogP contribution in [0.5, 0.6) is 0 Å². The highest BCUT2D eigenvalue weighted by molar-refractivity contribution is 7.80. The molecule has 0 aliphatic rings. The normalized spacial score (nSPS) is 10.1. The zero-order chi connectivity index (χ0) is 12.0. The van der Waals surface area contributed by atoms with Crippen LogP contribution in [0, 0.1) is 0 Å². The molecule has 0 saturated carbocycles. The molecule has 16 heavy (non-hydrogen) atoms. The van der Waals surface area contributed by atoms with Crippen molar-refractivity contribution in [3.63, 3.8) is 0 Å². The molecule has 4 heteroatoms. The van der Waals surface area contributed by atoms with Gasteiger partial charge in [0.25, 0.3) is 0 Å². The number of thiocarbonyl (C=S) groups is 1. The van der Waals surface area contributed by atoms with Crippen molar-refractivity contribution in [1.29, 1.82) is 0 Å². The number of aromatic nitrogens is 1. The Morgan fingerprint density at radius 2 is 2.25 bits per heavy atom. The Kier molecular flexibility index (Phi) is 5.19. The molecule has 3 nitrogen and oxygen atoms in total. The summed E-state index contributed by atoms with van der Waals surface area (Å²) in [5.41, 5.74) is 7.39. The van der Waals surface area contributed by atoms with Gasteiger partial charge >= 0.3 is 0 Å². The standard InChI is InChI=1S/C12H19N3S/c1-3-4-5-9-15(2)10-7-6-8-14-11(10)12(13)16/h6-8H,3-5,9H2,1-2H3,(H2,13,16). The van der Waals surface area contributed by atoms with Crippen LogP contribution in [-0.4, -0.2) is 23.6 Å². The summed E-state index contributed by atoms with van der Waals surface area (Å²) >= 11 is 4.99. The first-order valence-electron chi connectivity index (χ1n) is 5.62. The summed E-state index contributed by atoms with van der Waals surface area (Å²) in [5.74, 6) is 0. The molecule has 0 fully saturated rings. The van der Waals surface area contributed by atoms with Gasteiger partial charge in [0.1, 0.15) is 10.7 Å². The number of unbranched alkanes of at least 4 members (excludes halogenated alkanes) is 2. The van der Waals surface area contributed by atoms with Gasteiger partial charge in [-0.05, 0) is 18.6 Å². The van der Waals surface area contributed by atoms with Gasteiger partial charge in [0.05, 0.1) is 5.69 Å². The maximum atomic E-state index is 5.65. The molecule has 1 aromatic rings. The summed E-state index contributed by atoms with van der Waals surface area (Å²) in [6.07, 6.45) is 5.37. The molecule has 1 aromatic heterocycles. The second kappa shape index (κ2) is 6.43. The number of anilines is 1. The number of hydrogen-bond donors (Lipinski definition) is 1. The van der Waals surface area contributed by atoms with Crippen LogP contribution in [0.25, 0.3) is 0 Å². The van der Waals surface area contributed by atoms with E-state index in [2.05, 4.69) is 23.9 Å². The van der Waals surface area contributed by atoms with E-state index in [0.29, 0.717) is 4.99 Å². The average Bonchev–Trinajstić information content (AvgIpc) is 2.29. The van der Waals surface area contributed by atoms with E-state index >= 15 is 0 Å². The summed E-state index contributed by atoms with van der Waals surface area (Å²) in [7, 11) is 2.05. The smallest absolute Gasteiger partial charge is 0.124 e. The summed E-state index contributed by atoms with van der Waals surface area (Å²) in [6, 6.07) is 3.92. The van der Waals surface area contributed by atoms with Crippen molar-refractivity contribution in [3.05, 3.63) is 24.0 Å². The lowest BCUT2D eigenvalue weighted by Gasteiger charge is -2.21. The summed E-state index contributed by atoms with van der Waals surface area (Å²) in [5, 5.41) is 0.